The highest BCUT2D eigenvalue weighted by Gasteiger charge is 2.25. The van der Waals surface area contributed by atoms with Crippen LogP contribution in [0.2, 0.25) is 0 Å². The minimum atomic E-state index is -0.393. The fraction of sp³-hybridized carbons (Fsp3) is 0.600. The molecule has 1 aromatic rings. The SMILES string of the molecule is CC(c1ccc(F)cc1O)N(C)C1CCN(C)CC1. The van der Waals surface area contributed by atoms with Crippen molar-refractivity contribution in [3.63, 3.8) is 0 Å². The van der Waals surface area contributed by atoms with Crippen molar-refractivity contribution >= 4 is 0 Å². The van der Waals surface area contributed by atoms with E-state index in [1.165, 1.54) is 12.1 Å². The first-order chi connectivity index (χ1) is 8.99. The Labute approximate surface area is 114 Å². The fourth-order valence-electron chi connectivity index (χ4n) is 2.81. The molecular formula is C15H23FN2O. The zero-order valence-electron chi connectivity index (χ0n) is 11.9. The second-order valence-electron chi connectivity index (χ2n) is 5.58. The minimum absolute atomic E-state index is 0.0484. The quantitative estimate of drug-likeness (QED) is 0.911. The van der Waals surface area contributed by atoms with Crippen LogP contribution in [0.3, 0.4) is 0 Å². The van der Waals surface area contributed by atoms with Crippen molar-refractivity contribution in [3.8, 4) is 5.75 Å². The van der Waals surface area contributed by atoms with Crippen LogP contribution in [0.1, 0.15) is 31.4 Å². The Morgan fingerprint density at radius 3 is 2.58 bits per heavy atom. The summed E-state index contributed by atoms with van der Waals surface area (Å²) in [6.07, 6.45) is 2.28. The molecule has 1 atom stereocenters. The lowest BCUT2D eigenvalue weighted by Crippen LogP contribution is -2.42. The third-order valence-electron chi connectivity index (χ3n) is 4.32. The average molecular weight is 266 g/mol. The van der Waals surface area contributed by atoms with Gasteiger partial charge in [-0.1, -0.05) is 6.07 Å². The van der Waals surface area contributed by atoms with Crippen LogP contribution in [0, 0.1) is 5.82 Å². The summed E-state index contributed by atoms with van der Waals surface area (Å²) in [5.74, 6) is -0.345. The third-order valence-corrected chi connectivity index (χ3v) is 4.32. The van der Waals surface area contributed by atoms with Crippen molar-refractivity contribution in [1.29, 1.82) is 0 Å². The van der Waals surface area contributed by atoms with Gasteiger partial charge < -0.3 is 10.0 Å². The molecular weight excluding hydrogens is 243 g/mol. The van der Waals surface area contributed by atoms with Crippen molar-refractivity contribution < 1.29 is 9.50 Å². The highest BCUT2D eigenvalue weighted by atomic mass is 19.1. The number of likely N-dealkylation sites (tertiary alicyclic amines) is 1. The number of hydrogen-bond donors (Lipinski definition) is 1. The molecule has 0 radical (unpaired) electrons. The van der Waals surface area contributed by atoms with Gasteiger partial charge in [0.2, 0.25) is 0 Å². The van der Waals surface area contributed by atoms with Crippen LogP contribution in [-0.2, 0) is 0 Å². The van der Waals surface area contributed by atoms with E-state index in [-0.39, 0.29) is 11.8 Å². The molecule has 1 fully saturated rings. The molecule has 1 aliphatic heterocycles. The van der Waals surface area contributed by atoms with Gasteiger partial charge in [0.15, 0.2) is 0 Å². The maximum absolute atomic E-state index is 13.0. The lowest BCUT2D eigenvalue weighted by atomic mass is 9.99. The van der Waals surface area contributed by atoms with E-state index >= 15 is 0 Å². The highest BCUT2D eigenvalue weighted by molar-refractivity contribution is 5.35. The van der Waals surface area contributed by atoms with Gasteiger partial charge in [-0.05, 0) is 53.0 Å². The number of benzene rings is 1. The Bertz CT molecular complexity index is 430. The van der Waals surface area contributed by atoms with Crippen molar-refractivity contribution in [2.24, 2.45) is 0 Å². The molecule has 3 nitrogen and oxygen atoms in total. The van der Waals surface area contributed by atoms with Crippen LogP contribution in [0.25, 0.3) is 0 Å². The topological polar surface area (TPSA) is 26.7 Å². The molecule has 1 unspecified atom stereocenters. The minimum Gasteiger partial charge on any atom is -0.508 e. The molecule has 1 saturated heterocycles. The number of phenolic OH excluding ortho intramolecular Hbond substituents is 1. The number of piperidine rings is 1. The summed E-state index contributed by atoms with van der Waals surface area (Å²) < 4.78 is 13.0. The normalized spacial score (nSPS) is 19.8. The van der Waals surface area contributed by atoms with Crippen LogP contribution in [0.4, 0.5) is 4.39 Å². The summed E-state index contributed by atoms with van der Waals surface area (Å²) in [4.78, 5) is 4.63. The number of aromatic hydroxyl groups is 1. The summed E-state index contributed by atoms with van der Waals surface area (Å²) >= 11 is 0. The second kappa shape index (κ2) is 5.88. The van der Waals surface area contributed by atoms with Crippen LogP contribution >= 0.6 is 0 Å². The first-order valence-electron chi connectivity index (χ1n) is 6.88. The zero-order chi connectivity index (χ0) is 14.0. The van der Waals surface area contributed by atoms with E-state index in [1.807, 2.05) is 0 Å². The van der Waals surface area contributed by atoms with Gasteiger partial charge in [0.1, 0.15) is 11.6 Å². The Morgan fingerprint density at radius 2 is 2.00 bits per heavy atom. The maximum Gasteiger partial charge on any atom is 0.126 e. The fourth-order valence-corrected chi connectivity index (χ4v) is 2.81. The van der Waals surface area contributed by atoms with E-state index in [1.54, 1.807) is 6.07 Å². The van der Waals surface area contributed by atoms with Crippen LogP contribution in [-0.4, -0.2) is 48.1 Å². The molecule has 0 saturated carbocycles. The number of rotatable bonds is 3. The largest absolute Gasteiger partial charge is 0.508 e. The van der Waals surface area contributed by atoms with E-state index in [2.05, 4.69) is 30.8 Å². The van der Waals surface area contributed by atoms with E-state index in [4.69, 9.17) is 0 Å². The average Bonchev–Trinajstić information content (AvgIpc) is 2.38. The Balaban J connectivity index is 2.08. The van der Waals surface area contributed by atoms with Crippen LogP contribution in [0.15, 0.2) is 18.2 Å². The molecule has 0 aliphatic carbocycles. The standard InChI is InChI=1S/C15H23FN2O/c1-11(14-5-4-12(16)10-15(14)19)18(3)13-6-8-17(2)9-7-13/h4-5,10-11,13,19H,6-9H2,1-3H3. The molecule has 0 amide bonds. The van der Waals surface area contributed by atoms with Crippen molar-refractivity contribution in [2.45, 2.75) is 31.8 Å². The first-order valence-corrected chi connectivity index (χ1v) is 6.88. The predicted molar refractivity (Wildman–Crippen MR) is 74.8 cm³/mol. The Hall–Kier alpha value is -1.13. The summed E-state index contributed by atoms with van der Waals surface area (Å²) in [5.41, 5.74) is 0.794. The van der Waals surface area contributed by atoms with Gasteiger partial charge in [-0.3, -0.25) is 4.90 Å². The zero-order valence-corrected chi connectivity index (χ0v) is 11.9. The van der Waals surface area contributed by atoms with E-state index < -0.39 is 5.82 Å². The van der Waals surface area contributed by atoms with E-state index in [0.717, 1.165) is 31.5 Å². The van der Waals surface area contributed by atoms with Gasteiger partial charge in [0.25, 0.3) is 0 Å². The van der Waals surface area contributed by atoms with Crippen molar-refractivity contribution in [1.82, 2.24) is 9.80 Å². The maximum atomic E-state index is 13.0. The van der Waals surface area contributed by atoms with Gasteiger partial charge >= 0.3 is 0 Å². The van der Waals surface area contributed by atoms with Gasteiger partial charge in [0.05, 0.1) is 0 Å². The van der Waals surface area contributed by atoms with Crippen molar-refractivity contribution in [3.05, 3.63) is 29.6 Å². The predicted octanol–water partition coefficient (Wildman–Crippen LogP) is 2.62. The molecule has 1 N–H and O–H groups in total. The number of nitrogens with zero attached hydrogens (tertiary/aromatic N) is 2. The van der Waals surface area contributed by atoms with Gasteiger partial charge in [-0.15, -0.1) is 0 Å². The molecule has 2 rings (SSSR count). The molecule has 1 heterocycles. The summed E-state index contributed by atoms with van der Waals surface area (Å²) in [7, 11) is 4.23. The second-order valence-corrected chi connectivity index (χ2v) is 5.58. The smallest absolute Gasteiger partial charge is 0.126 e. The summed E-state index contributed by atoms with van der Waals surface area (Å²) in [5, 5.41) is 9.88. The first kappa shape index (κ1) is 14.3. The molecule has 1 aliphatic rings. The highest BCUT2D eigenvalue weighted by Crippen LogP contribution is 2.31. The van der Waals surface area contributed by atoms with Gasteiger partial charge in [0, 0.05) is 23.7 Å². The van der Waals surface area contributed by atoms with Crippen molar-refractivity contribution in [2.75, 3.05) is 27.2 Å². The number of hydrogen-bond acceptors (Lipinski definition) is 3. The molecule has 106 valence electrons. The molecule has 0 bridgehead atoms. The van der Waals surface area contributed by atoms with E-state index in [0.29, 0.717) is 6.04 Å². The van der Waals surface area contributed by atoms with Gasteiger partial charge in [-0.2, -0.15) is 0 Å². The Kier molecular flexibility index (Phi) is 4.42. The molecule has 4 heteroatoms. The molecule has 0 spiro atoms. The lowest BCUT2D eigenvalue weighted by molar-refractivity contribution is 0.112. The van der Waals surface area contributed by atoms with Crippen LogP contribution < -0.4 is 0 Å². The van der Waals surface area contributed by atoms with E-state index in [9.17, 15) is 9.50 Å². The molecule has 0 aromatic heterocycles. The summed E-state index contributed by atoms with van der Waals surface area (Å²) in [6.45, 7) is 4.28. The van der Waals surface area contributed by atoms with Gasteiger partial charge in [-0.25, -0.2) is 4.39 Å². The molecule has 19 heavy (non-hydrogen) atoms. The Morgan fingerprint density at radius 1 is 1.37 bits per heavy atom. The van der Waals surface area contributed by atoms with Crippen LogP contribution in [0.5, 0.6) is 5.75 Å². The molecule has 1 aromatic carbocycles. The number of phenols is 1. The summed E-state index contributed by atoms with van der Waals surface area (Å²) in [6, 6.07) is 4.90. The number of halogens is 1. The monoisotopic (exact) mass is 266 g/mol. The third kappa shape index (κ3) is 3.25. The lowest BCUT2D eigenvalue weighted by Gasteiger charge is -2.38.